The lowest BCUT2D eigenvalue weighted by molar-refractivity contribution is 0.0123. The van der Waals surface area contributed by atoms with Gasteiger partial charge in [0.15, 0.2) is 5.78 Å². The summed E-state index contributed by atoms with van der Waals surface area (Å²) in [6.45, 7) is 0. The average Bonchev–Trinajstić information content (AvgIpc) is 2.63. The number of ketones is 1. The topological polar surface area (TPSA) is 20.3 Å². The van der Waals surface area contributed by atoms with Gasteiger partial charge in [0.25, 0.3) is 0 Å². The van der Waals surface area contributed by atoms with E-state index in [0.717, 1.165) is 18.4 Å². The molecular formula is C22H25NO. The van der Waals surface area contributed by atoms with E-state index in [-0.39, 0.29) is 5.92 Å². The van der Waals surface area contributed by atoms with Crippen LogP contribution < -0.4 is 0 Å². The molecule has 2 heteroatoms. The van der Waals surface area contributed by atoms with Crippen molar-refractivity contribution in [3.8, 4) is 0 Å². The zero-order chi connectivity index (χ0) is 16.5. The molecule has 2 fully saturated rings. The third-order valence-electron chi connectivity index (χ3n) is 6.10. The van der Waals surface area contributed by atoms with Crippen LogP contribution in [0.1, 0.15) is 47.5 Å². The molecule has 24 heavy (non-hydrogen) atoms. The van der Waals surface area contributed by atoms with Gasteiger partial charge in [0, 0.05) is 23.6 Å². The Morgan fingerprint density at radius 3 is 2.33 bits per heavy atom. The molecule has 2 aromatic rings. The first kappa shape index (κ1) is 15.6. The first-order valence-electron chi connectivity index (χ1n) is 9.12. The van der Waals surface area contributed by atoms with E-state index in [9.17, 15) is 4.79 Å². The highest BCUT2D eigenvalue weighted by Crippen LogP contribution is 2.45. The lowest BCUT2D eigenvalue weighted by atomic mass is 9.66. The van der Waals surface area contributed by atoms with Crippen molar-refractivity contribution in [3.63, 3.8) is 0 Å². The summed E-state index contributed by atoms with van der Waals surface area (Å²) in [5.41, 5.74) is 2.19. The molecule has 4 rings (SSSR count). The lowest BCUT2D eigenvalue weighted by Gasteiger charge is -2.51. The average molecular weight is 319 g/mol. The minimum Gasteiger partial charge on any atom is -0.300 e. The van der Waals surface area contributed by atoms with Gasteiger partial charge in [-0.05, 0) is 37.8 Å². The molecule has 2 aliphatic rings. The maximum absolute atomic E-state index is 13.4. The van der Waals surface area contributed by atoms with Crippen LogP contribution in [0, 0.1) is 5.92 Å². The molecule has 2 nitrogen and oxygen atoms in total. The standard InChI is InChI=1S/C22H25NO/c1-23-18-13-8-14-20(23)21(22(24)17-11-6-3-7-12-17)19(15-18)16-9-4-2-5-10-16/h2-7,9-12,18-21H,8,13-15H2,1H3/t18-,19+,20+,21-/m0/s1. The van der Waals surface area contributed by atoms with Crippen LogP contribution in [0.25, 0.3) is 0 Å². The van der Waals surface area contributed by atoms with Gasteiger partial charge in [0.2, 0.25) is 0 Å². The van der Waals surface area contributed by atoms with E-state index in [1.54, 1.807) is 0 Å². The molecule has 124 valence electrons. The van der Waals surface area contributed by atoms with Crippen LogP contribution in [-0.2, 0) is 0 Å². The summed E-state index contributed by atoms with van der Waals surface area (Å²) in [6, 6.07) is 21.5. The normalized spacial score (nSPS) is 30.0. The third-order valence-corrected chi connectivity index (χ3v) is 6.10. The Morgan fingerprint density at radius 1 is 0.958 bits per heavy atom. The monoisotopic (exact) mass is 319 g/mol. The molecule has 0 unspecified atom stereocenters. The summed E-state index contributed by atoms with van der Waals surface area (Å²) in [5.74, 6) is 0.725. The number of rotatable bonds is 3. The van der Waals surface area contributed by atoms with Crippen molar-refractivity contribution in [2.45, 2.75) is 43.7 Å². The molecule has 2 heterocycles. The maximum Gasteiger partial charge on any atom is 0.168 e. The summed E-state index contributed by atoms with van der Waals surface area (Å²) >= 11 is 0. The summed E-state index contributed by atoms with van der Waals surface area (Å²) in [6.07, 6.45) is 4.75. The zero-order valence-corrected chi connectivity index (χ0v) is 14.3. The Bertz CT molecular complexity index is 696. The van der Waals surface area contributed by atoms with Crippen LogP contribution in [0.5, 0.6) is 0 Å². The highest BCUT2D eigenvalue weighted by atomic mass is 16.1. The first-order valence-corrected chi connectivity index (χ1v) is 9.12. The Kier molecular flexibility index (Phi) is 4.24. The Labute approximate surface area is 144 Å². The van der Waals surface area contributed by atoms with E-state index in [4.69, 9.17) is 0 Å². The van der Waals surface area contributed by atoms with Gasteiger partial charge in [-0.15, -0.1) is 0 Å². The van der Waals surface area contributed by atoms with Crippen molar-refractivity contribution in [3.05, 3.63) is 71.8 Å². The fraction of sp³-hybridized carbons (Fsp3) is 0.409. The third kappa shape index (κ3) is 2.69. The van der Waals surface area contributed by atoms with Crippen LogP contribution in [0.3, 0.4) is 0 Å². The van der Waals surface area contributed by atoms with Crippen LogP contribution in [0.15, 0.2) is 60.7 Å². The van der Waals surface area contributed by atoms with E-state index < -0.39 is 0 Å². The van der Waals surface area contributed by atoms with Gasteiger partial charge in [0.05, 0.1) is 0 Å². The van der Waals surface area contributed by atoms with Gasteiger partial charge < -0.3 is 0 Å². The molecule has 0 amide bonds. The Balaban J connectivity index is 1.74. The number of piperidine rings is 2. The van der Waals surface area contributed by atoms with Crippen molar-refractivity contribution >= 4 is 5.78 Å². The lowest BCUT2D eigenvalue weighted by Crippen LogP contribution is -2.56. The van der Waals surface area contributed by atoms with E-state index in [0.29, 0.717) is 23.8 Å². The summed E-state index contributed by atoms with van der Waals surface area (Å²) in [4.78, 5) is 15.9. The molecule has 0 aliphatic carbocycles. The SMILES string of the molecule is CN1[C@H]2CCC[C@@H]1[C@@H](C(=O)c1ccccc1)[C@@H](c1ccccc1)C2. The van der Waals surface area contributed by atoms with E-state index in [1.165, 1.54) is 18.4 Å². The van der Waals surface area contributed by atoms with E-state index >= 15 is 0 Å². The van der Waals surface area contributed by atoms with Crippen LogP contribution in [0.2, 0.25) is 0 Å². The van der Waals surface area contributed by atoms with Gasteiger partial charge in [-0.1, -0.05) is 67.1 Å². The number of fused-ring (bicyclic) bond motifs is 2. The van der Waals surface area contributed by atoms with Crippen molar-refractivity contribution in [2.75, 3.05) is 7.05 Å². The van der Waals surface area contributed by atoms with Crippen molar-refractivity contribution in [1.29, 1.82) is 0 Å². The van der Waals surface area contributed by atoms with Gasteiger partial charge in [-0.3, -0.25) is 9.69 Å². The molecule has 2 aliphatic heterocycles. The second-order valence-electron chi connectivity index (χ2n) is 7.33. The minimum absolute atomic E-state index is 0.0661. The molecule has 0 spiro atoms. The molecule has 0 radical (unpaired) electrons. The van der Waals surface area contributed by atoms with Gasteiger partial charge in [-0.2, -0.15) is 0 Å². The number of hydrogen-bond donors (Lipinski definition) is 0. The number of benzene rings is 2. The van der Waals surface area contributed by atoms with E-state index in [2.05, 4.69) is 42.3 Å². The fourth-order valence-corrected chi connectivity index (χ4v) is 4.86. The highest BCUT2D eigenvalue weighted by Gasteiger charge is 2.46. The van der Waals surface area contributed by atoms with Gasteiger partial charge in [-0.25, -0.2) is 0 Å². The van der Waals surface area contributed by atoms with E-state index in [1.807, 2.05) is 30.3 Å². The number of nitrogens with zero attached hydrogens (tertiary/aromatic N) is 1. The molecule has 2 aromatic carbocycles. The second kappa shape index (κ2) is 6.52. The first-order chi connectivity index (χ1) is 11.8. The predicted molar refractivity (Wildman–Crippen MR) is 97.3 cm³/mol. The second-order valence-corrected chi connectivity index (χ2v) is 7.33. The summed E-state index contributed by atoms with van der Waals surface area (Å²) in [7, 11) is 2.22. The molecule has 0 saturated carbocycles. The number of hydrogen-bond acceptors (Lipinski definition) is 2. The number of Topliss-reactive ketones (excluding diaryl/α,β-unsaturated/α-hetero) is 1. The summed E-state index contributed by atoms with van der Waals surface area (Å²) in [5, 5.41) is 0. The Morgan fingerprint density at radius 2 is 1.62 bits per heavy atom. The molecule has 4 atom stereocenters. The largest absolute Gasteiger partial charge is 0.300 e. The molecule has 0 aromatic heterocycles. The molecule has 2 saturated heterocycles. The van der Waals surface area contributed by atoms with Crippen LogP contribution in [-0.4, -0.2) is 29.8 Å². The zero-order valence-electron chi connectivity index (χ0n) is 14.3. The predicted octanol–water partition coefficient (Wildman–Crippen LogP) is 4.53. The van der Waals surface area contributed by atoms with Crippen molar-refractivity contribution < 1.29 is 4.79 Å². The van der Waals surface area contributed by atoms with Crippen molar-refractivity contribution in [2.24, 2.45) is 5.92 Å². The van der Waals surface area contributed by atoms with Gasteiger partial charge in [0.1, 0.15) is 0 Å². The minimum atomic E-state index is 0.0661. The van der Waals surface area contributed by atoms with Gasteiger partial charge >= 0.3 is 0 Å². The fourth-order valence-electron chi connectivity index (χ4n) is 4.86. The Hall–Kier alpha value is -1.93. The quantitative estimate of drug-likeness (QED) is 0.775. The van der Waals surface area contributed by atoms with Crippen LogP contribution in [0.4, 0.5) is 0 Å². The maximum atomic E-state index is 13.4. The summed E-state index contributed by atoms with van der Waals surface area (Å²) < 4.78 is 0. The van der Waals surface area contributed by atoms with Crippen LogP contribution >= 0.6 is 0 Å². The molecule has 2 bridgehead atoms. The number of carbonyl (C=O) groups is 1. The smallest absolute Gasteiger partial charge is 0.168 e. The molecular weight excluding hydrogens is 294 g/mol. The van der Waals surface area contributed by atoms with Crippen molar-refractivity contribution in [1.82, 2.24) is 4.90 Å². The highest BCUT2D eigenvalue weighted by molar-refractivity contribution is 5.99. The molecule has 0 N–H and O–H groups in total. The number of carbonyl (C=O) groups excluding carboxylic acids is 1.